The third-order valence-corrected chi connectivity index (χ3v) is 4.05. The van der Waals surface area contributed by atoms with Crippen LogP contribution in [-0.2, 0) is 4.74 Å². The van der Waals surface area contributed by atoms with Gasteiger partial charge in [-0.15, -0.1) is 0 Å². The summed E-state index contributed by atoms with van der Waals surface area (Å²) >= 11 is 5.23. The maximum absolute atomic E-state index is 12.0. The van der Waals surface area contributed by atoms with Gasteiger partial charge in [0.1, 0.15) is 10.2 Å². The summed E-state index contributed by atoms with van der Waals surface area (Å²) in [6.45, 7) is 8.94. The third-order valence-electron chi connectivity index (χ3n) is 3.68. The lowest BCUT2D eigenvalue weighted by Crippen LogP contribution is -2.35. The molecule has 0 aromatic heterocycles. The molecular weight excluding hydrogens is 284 g/mol. The van der Waals surface area contributed by atoms with E-state index in [0.717, 1.165) is 30.8 Å². The van der Waals surface area contributed by atoms with Crippen molar-refractivity contribution in [3.05, 3.63) is 14.7 Å². The van der Waals surface area contributed by atoms with E-state index in [1.54, 1.807) is 7.11 Å². The number of methoxy groups -OCH3 is 1. The second-order valence-electron chi connectivity index (χ2n) is 6.86. The smallest absolute Gasteiger partial charge is 0.224 e. The van der Waals surface area contributed by atoms with Crippen molar-refractivity contribution >= 4 is 23.6 Å². The Balaban J connectivity index is 2.72. The number of hydrogen-bond donors (Lipinski definition) is 0. The Morgan fingerprint density at radius 2 is 1.67 bits per heavy atom. The molecule has 4 nitrogen and oxygen atoms in total. The summed E-state index contributed by atoms with van der Waals surface area (Å²) in [6, 6.07) is 0. The number of rotatable bonds is 8. The van der Waals surface area contributed by atoms with Gasteiger partial charge in [-0.2, -0.15) is 0 Å². The predicted molar refractivity (Wildman–Crippen MR) is 93.0 cm³/mol. The highest BCUT2D eigenvalue weighted by molar-refractivity contribution is 7.71. The van der Waals surface area contributed by atoms with Gasteiger partial charge >= 0.3 is 0 Å². The van der Waals surface area contributed by atoms with Crippen molar-refractivity contribution in [1.29, 1.82) is 0 Å². The second-order valence-corrected chi connectivity index (χ2v) is 7.26. The number of anilines is 2. The lowest BCUT2D eigenvalue weighted by molar-refractivity contribution is 0.206. The van der Waals surface area contributed by atoms with E-state index in [2.05, 4.69) is 25.7 Å². The van der Waals surface area contributed by atoms with Gasteiger partial charge in [0.25, 0.3) is 0 Å². The molecule has 1 rings (SSSR count). The van der Waals surface area contributed by atoms with Crippen molar-refractivity contribution in [1.82, 2.24) is 0 Å². The fraction of sp³-hybridized carbons (Fsp3) is 0.750. The maximum Gasteiger partial charge on any atom is 0.224 e. The average molecular weight is 312 g/mol. The van der Waals surface area contributed by atoms with E-state index in [1.807, 2.05) is 19.0 Å². The first-order valence-electron chi connectivity index (χ1n) is 7.43. The maximum atomic E-state index is 12.0. The molecule has 0 radical (unpaired) electrons. The summed E-state index contributed by atoms with van der Waals surface area (Å²) in [6.07, 6.45) is 2.25. The Kier molecular flexibility index (Phi) is 6.35. The summed E-state index contributed by atoms with van der Waals surface area (Å²) in [5.41, 5.74) is 1.97. The van der Waals surface area contributed by atoms with E-state index in [4.69, 9.17) is 17.0 Å². The molecule has 5 heteroatoms. The van der Waals surface area contributed by atoms with E-state index in [1.165, 1.54) is 0 Å². The quantitative estimate of drug-likeness (QED) is 0.689. The number of nitrogens with zero attached hydrogens (tertiary/aromatic N) is 2. The van der Waals surface area contributed by atoms with Crippen LogP contribution >= 0.6 is 12.2 Å². The Morgan fingerprint density at radius 1 is 1.10 bits per heavy atom. The van der Waals surface area contributed by atoms with Gasteiger partial charge in [0.2, 0.25) is 5.43 Å². The van der Waals surface area contributed by atoms with Crippen LogP contribution in [0.2, 0.25) is 0 Å². The molecule has 1 aromatic carbocycles. The fourth-order valence-electron chi connectivity index (χ4n) is 2.37. The van der Waals surface area contributed by atoms with Crippen molar-refractivity contribution in [2.24, 2.45) is 5.41 Å². The van der Waals surface area contributed by atoms with Crippen molar-refractivity contribution < 1.29 is 4.74 Å². The average Bonchev–Trinajstić information content (AvgIpc) is 2.39. The molecule has 0 heterocycles. The normalized spacial score (nSPS) is 11.9. The largest absolute Gasteiger partial charge is 0.383 e. The lowest BCUT2D eigenvalue weighted by atomic mass is 9.90. The first-order chi connectivity index (χ1) is 9.69. The fourth-order valence-corrected chi connectivity index (χ4v) is 2.72. The standard InChI is InChI=1S/C16H28N2O2S/c1-16(2,3)8-7-9-17(4)13-12(14(19)15(13)21)18(5)10-11-20-6/h7-11H2,1-6H3. The van der Waals surface area contributed by atoms with Gasteiger partial charge in [-0.25, -0.2) is 0 Å². The summed E-state index contributed by atoms with van der Waals surface area (Å²) in [5.74, 6) is 0. The van der Waals surface area contributed by atoms with Gasteiger partial charge in [-0.1, -0.05) is 33.0 Å². The SMILES string of the molecule is COCCN(C)c1c(N(C)CCCC(C)(C)C)c(=S)c1=O. The Morgan fingerprint density at radius 3 is 2.19 bits per heavy atom. The van der Waals surface area contributed by atoms with E-state index in [9.17, 15) is 4.79 Å². The molecule has 0 saturated carbocycles. The minimum atomic E-state index is -0.0127. The lowest BCUT2D eigenvalue weighted by Gasteiger charge is -2.30. The van der Waals surface area contributed by atoms with E-state index >= 15 is 0 Å². The summed E-state index contributed by atoms with van der Waals surface area (Å²) < 4.78 is 5.53. The highest BCUT2D eigenvalue weighted by Crippen LogP contribution is 2.30. The van der Waals surface area contributed by atoms with Crippen LogP contribution in [0.3, 0.4) is 0 Å². The van der Waals surface area contributed by atoms with Crippen LogP contribution in [0.4, 0.5) is 11.4 Å². The molecule has 0 fully saturated rings. The van der Waals surface area contributed by atoms with Gasteiger partial charge < -0.3 is 14.5 Å². The molecule has 0 atom stereocenters. The summed E-state index contributed by atoms with van der Waals surface area (Å²) in [4.78, 5) is 16.1. The third kappa shape index (κ3) is 4.78. The minimum absolute atomic E-state index is 0.0127. The summed E-state index contributed by atoms with van der Waals surface area (Å²) in [5, 5.41) is 0. The number of hydrogen-bond acceptors (Lipinski definition) is 5. The molecule has 0 aliphatic carbocycles. The molecule has 0 unspecified atom stereocenters. The van der Waals surface area contributed by atoms with Crippen LogP contribution in [0.5, 0.6) is 0 Å². The predicted octanol–water partition coefficient (Wildman–Crippen LogP) is 3.00. The Hall–Kier alpha value is -0.940. The summed E-state index contributed by atoms with van der Waals surface area (Å²) in [7, 11) is 5.59. The molecule has 0 aliphatic heterocycles. The first-order valence-corrected chi connectivity index (χ1v) is 7.84. The van der Waals surface area contributed by atoms with Gasteiger partial charge in [0, 0.05) is 34.3 Å². The highest BCUT2D eigenvalue weighted by Gasteiger charge is 2.24. The van der Waals surface area contributed by atoms with E-state index in [0.29, 0.717) is 23.1 Å². The van der Waals surface area contributed by atoms with Gasteiger partial charge in [-0.3, -0.25) is 4.79 Å². The topological polar surface area (TPSA) is 32.8 Å². The molecule has 0 spiro atoms. The Labute approximate surface area is 133 Å². The minimum Gasteiger partial charge on any atom is -0.383 e. The second kappa shape index (κ2) is 7.36. The molecule has 21 heavy (non-hydrogen) atoms. The van der Waals surface area contributed by atoms with Crippen LogP contribution in [0.15, 0.2) is 4.79 Å². The van der Waals surface area contributed by atoms with Crippen molar-refractivity contribution in [2.45, 2.75) is 33.6 Å². The van der Waals surface area contributed by atoms with Crippen LogP contribution in [0, 0.1) is 9.93 Å². The molecule has 120 valence electrons. The zero-order chi connectivity index (χ0) is 16.2. The number of ether oxygens (including phenoxy) is 1. The zero-order valence-corrected chi connectivity index (χ0v) is 15.0. The van der Waals surface area contributed by atoms with Crippen molar-refractivity contribution in [3.8, 4) is 0 Å². The Bertz CT molecular complexity index is 527. The molecule has 0 amide bonds. The van der Waals surface area contributed by atoms with Gasteiger partial charge in [0.05, 0.1) is 12.3 Å². The number of likely N-dealkylation sites (N-methyl/N-ethyl adjacent to an activating group) is 1. The van der Waals surface area contributed by atoms with Crippen LogP contribution in [0.1, 0.15) is 33.6 Å². The first kappa shape index (κ1) is 18.1. The van der Waals surface area contributed by atoms with Gasteiger partial charge in [0.15, 0.2) is 0 Å². The zero-order valence-electron chi connectivity index (χ0n) is 14.2. The van der Waals surface area contributed by atoms with Gasteiger partial charge in [-0.05, 0) is 18.3 Å². The molecule has 0 bridgehead atoms. The van der Waals surface area contributed by atoms with Crippen molar-refractivity contribution in [3.63, 3.8) is 0 Å². The molecule has 1 aromatic rings. The molecule has 0 saturated heterocycles. The van der Waals surface area contributed by atoms with Crippen LogP contribution in [0.25, 0.3) is 0 Å². The molecule has 0 N–H and O–H groups in total. The molecular formula is C16H28N2O2S. The highest BCUT2D eigenvalue weighted by atomic mass is 32.1. The van der Waals surface area contributed by atoms with E-state index in [-0.39, 0.29) is 5.43 Å². The van der Waals surface area contributed by atoms with Crippen molar-refractivity contribution in [2.75, 3.05) is 50.7 Å². The molecule has 0 aliphatic rings. The monoisotopic (exact) mass is 312 g/mol. The van der Waals surface area contributed by atoms with Crippen LogP contribution < -0.4 is 15.2 Å². The van der Waals surface area contributed by atoms with Crippen LogP contribution in [-0.4, -0.2) is 40.9 Å². The van der Waals surface area contributed by atoms with E-state index < -0.39 is 0 Å².